The third-order valence-corrected chi connectivity index (χ3v) is 6.76. The average molecular weight is 537 g/mol. The van der Waals surface area contributed by atoms with Gasteiger partial charge in [-0.1, -0.05) is 51.0 Å². The van der Waals surface area contributed by atoms with Crippen LogP contribution in [0.15, 0.2) is 24.3 Å². The molecule has 1 aromatic rings. The summed E-state index contributed by atoms with van der Waals surface area (Å²) in [5.41, 5.74) is 2.82. The molecule has 9 nitrogen and oxygen atoms in total. The lowest BCUT2D eigenvalue weighted by Crippen LogP contribution is -2.44. The fraction of sp³-hybridized carbons (Fsp3) is 0.630. The van der Waals surface area contributed by atoms with Crippen LogP contribution in [-0.4, -0.2) is 79.9 Å². The van der Waals surface area contributed by atoms with Gasteiger partial charge in [-0.25, -0.2) is 4.79 Å². The summed E-state index contributed by atoms with van der Waals surface area (Å²) in [5, 5.41) is 8.01. The number of hydrogen-bond acceptors (Lipinski definition) is 7. The van der Waals surface area contributed by atoms with Crippen LogP contribution in [-0.2, 0) is 36.9 Å². The van der Waals surface area contributed by atoms with Crippen LogP contribution >= 0.6 is 11.8 Å². The molecule has 0 spiro atoms. The molecule has 1 fully saturated rings. The molecule has 0 radical (unpaired) electrons. The number of thioether (sulfide) groups is 1. The van der Waals surface area contributed by atoms with E-state index >= 15 is 0 Å². The summed E-state index contributed by atoms with van der Waals surface area (Å²) >= 11 is 1.62. The molecule has 1 aromatic carbocycles. The van der Waals surface area contributed by atoms with Crippen molar-refractivity contribution in [2.75, 3.05) is 38.8 Å². The van der Waals surface area contributed by atoms with Crippen molar-refractivity contribution in [1.82, 2.24) is 20.9 Å². The number of carbonyl (C=O) groups is 4. The third-order valence-electron chi connectivity index (χ3n) is 6.11. The Morgan fingerprint density at radius 3 is 2.49 bits per heavy atom. The molecule has 208 valence electrons. The Kier molecular flexibility index (Phi) is 17.1. The quantitative estimate of drug-likeness (QED) is 0.293. The minimum atomic E-state index is -0.500. The molecule has 2 heterocycles. The zero-order valence-electron chi connectivity index (χ0n) is 22.7. The van der Waals surface area contributed by atoms with Crippen LogP contribution < -0.4 is 16.0 Å². The van der Waals surface area contributed by atoms with Crippen LogP contribution in [0.5, 0.6) is 0 Å². The van der Waals surface area contributed by atoms with Crippen molar-refractivity contribution < 1.29 is 23.9 Å². The van der Waals surface area contributed by atoms with E-state index in [1.165, 1.54) is 31.1 Å². The average Bonchev–Trinajstić information content (AvgIpc) is 3.37. The van der Waals surface area contributed by atoms with Crippen molar-refractivity contribution in [3.05, 3.63) is 35.4 Å². The van der Waals surface area contributed by atoms with E-state index in [0.717, 1.165) is 31.8 Å². The molecule has 3 rings (SSSR count). The first-order valence-corrected chi connectivity index (χ1v) is 14.4. The van der Waals surface area contributed by atoms with Crippen molar-refractivity contribution >= 4 is 36.0 Å². The molecule has 2 aliphatic heterocycles. The van der Waals surface area contributed by atoms with E-state index in [1.807, 2.05) is 6.26 Å². The molecule has 0 aliphatic carbocycles. The highest BCUT2D eigenvalue weighted by Crippen LogP contribution is 2.17. The van der Waals surface area contributed by atoms with Crippen LogP contribution in [0.1, 0.15) is 57.1 Å². The van der Waals surface area contributed by atoms with Crippen molar-refractivity contribution in [2.45, 2.75) is 71.0 Å². The molecule has 0 aromatic heterocycles. The SMILES string of the molecule is CCCC.COC(=O)C(CCSC)NC=O.O=C1CCC(C(=O)NCCN2CCc3ccccc3C2)N1. The standard InChI is InChI=1S/C16H21N3O2.C7H13NO3S.C4H10/c20-15-6-5-14(18-15)16(21)17-8-10-19-9-7-12-3-1-2-4-13(12)11-19;1-11-7(10)6(8-5-9)3-4-12-2;1-3-4-2/h1-4,14H,5-11H2,(H,17,21)(H,18,20);5-6H,3-4H2,1-2H3,(H,8,9);3-4H2,1-2H3. The van der Waals surface area contributed by atoms with Gasteiger partial charge in [-0.3, -0.25) is 19.3 Å². The number of rotatable bonds is 11. The molecule has 3 N–H and O–H groups in total. The Labute approximate surface area is 225 Å². The second-order valence-electron chi connectivity index (χ2n) is 8.89. The van der Waals surface area contributed by atoms with Gasteiger partial charge in [0.15, 0.2) is 0 Å². The summed E-state index contributed by atoms with van der Waals surface area (Å²) in [7, 11) is 1.31. The smallest absolute Gasteiger partial charge is 0.328 e. The van der Waals surface area contributed by atoms with E-state index in [2.05, 4.69) is 63.7 Å². The minimum absolute atomic E-state index is 0.0252. The molecule has 0 bridgehead atoms. The Balaban J connectivity index is 0.000000364. The molecular weight excluding hydrogens is 492 g/mol. The first-order valence-electron chi connectivity index (χ1n) is 13.0. The lowest BCUT2D eigenvalue weighted by atomic mass is 10.00. The highest BCUT2D eigenvalue weighted by Gasteiger charge is 2.27. The lowest BCUT2D eigenvalue weighted by molar-refractivity contribution is -0.144. The van der Waals surface area contributed by atoms with E-state index in [9.17, 15) is 19.2 Å². The third kappa shape index (κ3) is 13.0. The molecule has 1 saturated heterocycles. The van der Waals surface area contributed by atoms with Gasteiger partial charge in [0, 0.05) is 32.6 Å². The summed E-state index contributed by atoms with van der Waals surface area (Å²) < 4.78 is 4.49. The molecule has 0 saturated carbocycles. The molecule has 2 atom stereocenters. The Hall–Kier alpha value is -2.59. The van der Waals surface area contributed by atoms with Gasteiger partial charge in [-0.05, 0) is 42.4 Å². The van der Waals surface area contributed by atoms with Gasteiger partial charge in [0.25, 0.3) is 0 Å². The predicted molar refractivity (Wildman–Crippen MR) is 148 cm³/mol. The van der Waals surface area contributed by atoms with Gasteiger partial charge in [0.2, 0.25) is 18.2 Å². The van der Waals surface area contributed by atoms with Gasteiger partial charge in [-0.2, -0.15) is 11.8 Å². The normalized spacial score (nSPS) is 17.0. The van der Waals surface area contributed by atoms with E-state index in [0.29, 0.717) is 32.2 Å². The highest BCUT2D eigenvalue weighted by atomic mass is 32.2. The number of fused-ring (bicyclic) bond motifs is 1. The second kappa shape index (κ2) is 19.5. The summed E-state index contributed by atoms with van der Waals surface area (Å²) in [6, 6.07) is 7.70. The monoisotopic (exact) mass is 536 g/mol. The molecule has 2 aliphatic rings. The summed E-state index contributed by atoms with van der Waals surface area (Å²) in [4.78, 5) is 46.4. The van der Waals surface area contributed by atoms with Gasteiger partial charge in [0.1, 0.15) is 12.1 Å². The Morgan fingerprint density at radius 2 is 1.92 bits per heavy atom. The van der Waals surface area contributed by atoms with E-state index in [-0.39, 0.29) is 17.9 Å². The number of carbonyl (C=O) groups excluding carboxylic acids is 4. The lowest BCUT2D eigenvalue weighted by Gasteiger charge is -2.28. The molecule has 2 unspecified atom stereocenters. The highest BCUT2D eigenvalue weighted by molar-refractivity contribution is 7.98. The maximum atomic E-state index is 11.9. The minimum Gasteiger partial charge on any atom is -0.467 e. The molecule has 37 heavy (non-hydrogen) atoms. The zero-order valence-corrected chi connectivity index (χ0v) is 23.5. The summed E-state index contributed by atoms with van der Waals surface area (Å²) in [6.45, 7) is 7.83. The Morgan fingerprint density at radius 1 is 1.22 bits per heavy atom. The van der Waals surface area contributed by atoms with Crippen LogP contribution in [0.25, 0.3) is 0 Å². The fourth-order valence-corrected chi connectivity index (χ4v) is 4.22. The van der Waals surface area contributed by atoms with Gasteiger partial charge >= 0.3 is 5.97 Å². The van der Waals surface area contributed by atoms with Crippen LogP contribution in [0.2, 0.25) is 0 Å². The molecule has 10 heteroatoms. The number of nitrogens with one attached hydrogen (secondary N) is 3. The van der Waals surface area contributed by atoms with Crippen LogP contribution in [0, 0.1) is 0 Å². The fourth-order valence-electron chi connectivity index (χ4n) is 3.75. The second-order valence-corrected chi connectivity index (χ2v) is 9.87. The summed E-state index contributed by atoms with van der Waals surface area (Å²) in [6.07, 6.45) is 7.84. The summed E-state index contributed by atoms with van der Waals surface area (Å²) in [5.74, 6) is 0.345. The number of amides is 3. The van der Waals surface area contributed by atoms with E-state index in [1.54, 1.807) is 11.8 Å². The van der Waals surface area contributed by atoms with E-state index < -0.39 is 12.0 Å². The first-order chi connectivity index (χ1) is 17.9. The van der Waals surface area contributed by atoms with E-state index in [4.69, 9.17) is 0 Å². The van der Waals surface area contributed by atoms with Gasteiger partial charge in [0.05, 0.1) is 7.11 Å². The van der Waals surface area contributed by atoms with Crippen molar-refractivity contribution in [1.29, 1.82) is 0 Å². The predicted octanol–water partition coefficient (Wildman–Crippen LogP) is 2.27. The topological polar surface area (TPSA) is 117 Å². The number of methoxy groups -OCH3 is 1. The van der Waals surface area contributed by atoms with Crippen molar-refractivity contribution in [2.24, 2.45) is 0 Å². The largest absolute Gasteiger partial charge is 0.467 e. The van der Waals surface area contributed by atoms with Crippen LogP contribution in [0.3, 0.4) is 0 Å². The molecule has 3 amide bonds. The Bertz CT molecular complexity index is 837. The molecular formula is C27H44N4O5S. The number of ether oxygens (including phenoxy) is 1. The number of unbranched alkanes of at least 4 members (excludes halogenated alkanes) is 1. The number of hydrogen-bond donors (Lipinski definition) is 3. The van der Waals surface area contributed by atoms with Crippen molar-refractivity contribution in [3.8, 4) is 0 Å². The van der Waals surface area contributed by atoms with Crippen LogP contribution in [0.4, 0.5) is 0 Å². The number of esters is 1. The first kappa shape index (κ1) is 32.4. The van der Waals surface area contributed by atoms with Gasteiger partial charge < -0.3 is 20.7 Å². The number of nitrogens with zero attached hydrogens (tertiary/aromatic N) is 1. The maximum absolute atomic E-state index is 11.9. The zero-order chi connectivity index (χ0) is 27.5. The van der Waals surface area contributed by atoms with Crippen molar-refractivity contribution in [3.63, 3.8) is 0 Å². The maximum Gasteiger partial charge on any atom is 0.328 e. The van der Waals surface area contributed by atoms with Gasteiger partial charge in [-0.15, -0.1) is 0 Å². The number of benzene rings is 1.